The number of ether oxygens (including phenoxy) is 2. The maximum Gasteiger partial charge on any atom is 0.261 e. The monoisotopic (exact) mass is 424 g/mol. The van der Waals surface area contributed by atoms with E-state index in [1.165, 1.54) is 15.6 Å². The zero-order valence-electron chi connectivity index (χ0n) is 15.9. The molecule has 0 saturated carbocycles. The fourth-order valence-corrected chi connectivity index (χ4v) is 5.63. The number of morpholine rings is 1. The highest BCUT2D eigenvalue weighted by molar-refractivity contribution is 7.91. The smallest absolute Gasteiger partial charge is 0.261 e. The number of thiophene rings is 1. The lowest BCUT2D eigenvalue weighted by molar-refractivity contribution is -0.127. The predicted molar refractivity (Wildman–Crippen MR) is 107 cm³/mol. The first kappa shape index (κ1) is 20.8. The van der Waals surface area contributed by atoms with Crippen LogP contribution in [0.2, 0.25) is 0 Å². The van der Waals surface area contributed by atoms with Gasteiger partial charge in [-0.25, -0.2) is 8.42 Å². The van der Waals surface area contributed by atoms with Crippen LogP contribution in [0.5, 0.6) is 5.75 Å². The van der Waals surface area contributed by atoms with E-state index in [9.17, 15) is 13.2 Å². The fraction of sp³-hybridized carbons (Fsp3) is 0.421. The molecule has 1 unspecified atom stereocenters. The molecule has 1 aliphatic rings. The Labute approximate surface area is 169 Å². The number of benzene rings is 1. The number of amides is 1. The van der Waals surface area contributed by atoms with E-state index < -0.39 is 16.1 Å². The molecule has 1 fully saturated rings. The van der Waals surface area contributed by atoms with Gasteiger partial charge in [0.1, 0.15) is 9.96 Å². The Balaban J connectivity index is 1.55. The van der Waals surface area contributed by atoms with Crippen LogP contribution < -0.4 is 10.1 Å². The Morgan fingerprint density at radius 3 is 2.75 bits per heavy atom. The minimum absolute atomic E-state index is 0.254. The van der Waals surface area contributed by atoms with Crippen molar-refractivity contribution in [3.05, 3.63) is 46.8 Å². The zero-order valence-corrected chi connectivity index (χ0v) is 17.5. The summed E-state index contributed by atoms with van der Waals surface area (Å²) in [5.74, 6) is 0.380. The molecule has 2 heterocycles. The Morgan fingerprint density at radius 1 is 1.29 bits per heavy atom. The van der Waals surface area contributed by atoms with Crippen molar-refractivity contribution in [3.8, 4) is 5.75 Å². The highest BCUT2D eigenvalue weighted by Gasteiger charge is 2.27. The van der Waals surface area contributed by atoms with Crippen LogP contribution in [0.4, 0.5) is 0 Å². The van der Waals surface area contributed by atoms with Crippen molar-refractivity contribution in [2.75, 3.05) is 26.3 Å². The van der Waals surface area contributed by atoms with Gasteiger partial charge >= 0.3 is 0 Å². The van der Waals surface area contributed by atoms with Crippen molar-refractivity contribution in [2.24, 2.45) is 0 Å². The van der Waals surface area contributed by atoms with Gasteiger partial charge in [-0.1, -0.05) is 12.1 Å². The molecule has 1 atom stereocenters. The summed E-state index contributed by atoms with van der Waals surface area (Å²) in [6, 6.07) is 10.8. The van der Waals surface area contributed by atoms with Crippen molar-refractivity contribution < 1.29 is 22.7 Å². The van der Waals surface area contributed by atoms with Gasteiger partial charge in [0.15, 0.2) is 6.10 Å². The second-order valence-electron chi connectivity index (χ2n) is 6.53. The molecule has 28 heavy (non-hydrogen) atoms. The lowest BCUT2D eigenvalue weighted by Crippen LogP contribution is -2.40. The van der Waals surface area contributed by atoms with Crippen LogP contribution >= 0.6 is 11.3 Å². The van der Waals surface area contributed by atoms with Crippen LogP contribution in [0.1, 0.15) is 17.4 Å². The van der Waals surface area contributed by atoms with Crippen LogP contribution in [0.25, 0.3) is 0 Å². The molecule has 1 saturated heterocycles. The van der Waals surface area contributed by atoms with Crippen molar-refractivity contribution in [1.29, 1.82) is 0 Å². The third-order valence-corrected chi connectivity index (χ3v) is 7.76. The van der Waals surface area contributed by atoms with Crippen LogP contribution in [0.15, 0.2) is 40.6 Å². The molecule has 1 aliphatic heterocycles. The normalized spacial score (nSPS) is 16.5. The molecule has 3 rings (SSSR count). The SMILES string of the molecule is Cc1cccc(OC(C)C(=O)NCc2ccc(S(=O)(=O)N3CCOCC3)s2)c1. The number of hydrogen-bond donors (Lipinski definition) is 1. The maximum absolute atomic E-state index is 12.7. The number of hydrogen-bond acceptors (Lipinski definition) is 6. The van der Waals surface area contributed by atoms with Crippen LogP contribution in [0, 0.1) is 6.92 Å². The maximum atomic E-state index is 12.7. The Bertz CT molecular complexity index is 920. The fourth-order valence-electron chi connectivity index (χ4n) is 2.77. The molecular weight excluding hydrogens is 400 g/mol. The van der Waals surface area contributed by atoms with Gasteiger partial charge in [0, 0.05) is 18.0 Å². The first-order chi connectivity index (χ1) is 13.4. The first-order valence-electron chi connectivity index (χ1n) is 9.04. The third-order valence-electron chi connectivity index (χ3n) is 4.31. The highest BCUT2D eigenvalue weighted by Crippen LogP contribution is 2.25. The molecule has 1 N–H and O–H groups in total. The average Bonchev–Trinajstić information content (AvgIpc) is 3.16. The van der Waals surface area contributed by atoms with Gasteiger partial charge < -0.3 is 14.8 Å². The van der Waals surface area contributed by atoms with E-state index in [1.54, 1.807) is 25.1 Å². The van der Waals surface area contributed by atoms with E-state index in [0.29, 0.717) is 32.1 Å². The summed E-state index contributed by atoms with van der Waals surface area (Å²) in [6.45, 7) is 5.43. The third kappa shape index (κ3) is 5.11. The summed E-state index contributed by atoms with van der Waals surface area (Å²) in [5.41, 5.74) is 1.05. The van der Waals surface area contributed by atoms with E-state index in [-0.39, 0.29) is 16.7 Å². The first-order valence-corrected chi connectivity index (χ1v) is 11.3. The quantitative estimate of drug-likeness (QED) is 0.736. The summed E-state index contributed by atoms with van der Waals surface area (Å²) in [5, 5.41) is 2.80. The van der Waals surface area contributed by atoms with Gasteiger partial charge in [-0.3, -0.25) is 4.79 Å². The summed E-state index contributed by atoms with van der Waals surface area (Å²) in [6.07, 6.45) is -0.654. The number of nitrogens with zero attached hydrogens (tertiary/aromatic N) is 1. The van der Waals surface area contributed by atoms with E-state index in [2.05, 4.69) is 5.32 Å². The van der Waals surface area contributed by atoms with Crippen molar-refractivity contribution >= 4 is 27.3 Å². The molecule has 0 aliphatic carbocycles. The molecule has 2 aromatic rings. The minimum atomic E-state index is -3.51. The number of aryl methyl sites for hydroxylation is 1. The van der Waals surface area contributed by atoms with Gasteiger partial charge in [-0.2, -0.15) is 4.31 Å². The van der Waals surface area contributed by atoms with Crippen LogP contribution in [0.3, 0.4) is 0 Å². The molecule has 7 nitrogen and oxygen atoms in total. The van der Waals surface area contributed by atoms with Crippen molar-refractivity contribution in [1.82, 2.24) is 9.62 Å². The number of rotatable bonds is 7. The topological polar surface area (TPSA) is 84.9 Å². The second-order valence-corrected chi connectivity index (χ2v) is 9.86. The van der Waals surface area contributed by atoms with E-state index in [1.807, 2.05) is 25.1 Å². The van der Waals surface area contributed by atoms with Gasteiger partial charge in [-0.05, 0) is 43.7 Å². The Kier molecular flexibility index (Phi) is 6.71. The molecule has 1 amide bonds. The number of carbonyl (C=O) groups excluding carboxylic acids is 1. The molecule has 0 spiro atoms. The van der Waals surface area contributed by atoms with Crippen LogP contribution in [-0.4, -0.2) is 51.0 Å². The molecule has 9 heteroatoms. The summed E-state index contributed by atoms with van der Waals surface area (Å²) >= 11 is 1.17. The predicted octanol–water partition coefficient (Wildman–Crippen LogP) is 2.16. The number of nitrogens with one attached hydrogen (secondary N) is 1. The molecule has 0 radical (unpaired) electrons. The summed E-state index contributed by atoms with van der Waals surface area (Å²) in [7, 11) is -3.51. The summed E-state index contributed by atoms with van der Waals surface area (Å²) < 4.78 is 37.9. The Morgan fingerprint density at radius 2 is 2.04 bits per heavy atom. The molecule has 1 aromatic heterocycles. The zero-order chi connectivity index (χ0) is 20.1. The average molecular weight is 425 g/mol. The van der Waals surface area contributed by atoms with Gasteiger partial charge in [-0.15, -0.1) is 11.3 Å². The molecule has 1 aromatic carbocycles. The highest BCUT2D eigenvalue weighted by atomic mass is 32.2. The minimum Gasteiger partial charge on any atom is -0.481 e. The molecule has 0 bridgehead atoms. The van der Waals surface area contributed by atoms with Crippen molar-refractivity contribution in [2.45, 2.75) is 30.7 Å². The number of carbonyl (C=O) groups is 1. The molecular formula is C19H24N2O5S2. The lowest BCUT2D eigenvalue weighted by atomic mass is 10.2. The lowest BCUT2D eigenvalue weighted by Gasteiger charge is -2.25. The van der Waals surface area contributed by atoms with Gasteiger partial charge in [0.2, 0.25) is 0 Å². The largest absolute Gasteiger partial charge is 0.481 e. The van der Waals surface area contributed by atoms with E-state index >= 15 is 0 Å². The second kappa shape index (κ2) is 9.04. The van der Waals surface area contributed by atoms with E-state index in [4.69, 9.17) is 9.47 Å². The number of sulfonamides is 1. The standard InChI is InChI=1S/C19H24N2O5S2/c1-14-4-3-5-16(12-14)26-15(2)19(22)20-13-17-6-7-18(27-17)28(23,24)21-8-10-25-11-9-21/h3-7,12,15H,8-11,13H2,1-2H3,(H,20,22). The molecule has 152 valence electrons. The summed E-state index contributed by atoms with van der Waals surface area (Å²) in [4.78, 5) is 13.1. The van der Waals surface area contributed by atoms with Gasteiger partial charge in [0.05, 0.1) is 19.8 Å². The Hall–Kier alpha value is -1.94. The van der Waals surface area contributed by atoms with Crippen LogP contribution in [-0.2, 0) is 26.1 Å². The van der Waals surface area contributed by atoms with E-state index in [0.717, 1.165) is 10.4 Å². The van der Waals surface area contributed by atoms with Gasteiger partial charge in [0.25, 0.3) is 15.9 Å². The van der Waals surface area contributed by atoms with Crippen molar-refractivity contribution in [3.63, 3.8) is 0 Å².